The number of halogens is 2. The molecule has 0 saturated carbocycles. The van der Waals surface area contributed by atoms with E-state index >= 15 is 0 Å². The molecule has 0 saturated heterocycles. The van der Waals surface area contributed by atoms with E-state index in [-0.39, 0.29) is 10.7 Å². The van der Waals surface area contributed by atoms with Gasteiger partial charge in [-0.05, 0) is 24.6 Å². The third kappa shape index (κ3) is 2.09. The van der Waals surface area contributed by atoms with E-state index in [1.807, 2.05) is 0 Å². The first-order valence-corrected chi connectivity index (χ1v) is 7.58. The third-order valence-electron chi connectivity index (χ3n) is 4.13. The van der Waals surface area contributed by atoms with Crippen molar-refractivity contribution in [1.82, 2.24) is 9.97 Å². The van der Waals surface area contributed by atoms with Crippen molar-refractivity contribution in [3.63, 3.8) is 0 Å². The van der Waals surface area contributed by atoms with Gasteiger partial charge in [0.05, 0.1) is 26.5 Å². The number of benzene rings is 2. The van der Waals surface area contributed by atoms with Crippen molar-refractivity contribution < 1.29 is 9.31 Å². The number of rotatable bonds is 2. The van der Waals surface area contributed by atoms with Gasteiger partial charge in [0.1, 0.15) is 12.1 Å². The van der Waals surface area contributed by atoms with E-state index in [0.29, 0.717) is 40.9 Å². The Morgan fingerprint density at radius 1 is 1.25 bits per heavy atom. The zero-order valence-electron chi connectivity index (χ0n) is 12.2. The predicted octanol–water partition coefficient (Wildman–Crippen LogP) is 4.02. The fourth-order valence-corrected chi connectivity index (χ4v) is 3.26. The molecule has 4 rings (SSSR count). The Hall–Kier alpha value is -2.80. The highest BCUT2D eigenvalue weighted by molar-refractivity contribution is 6.31. The lowest BCUT2D eigenvalue weighted by Crippen LogP contribution is -2.27. The molecule has 0 spiro atoms. The number of nitro benzene ring substituents is 1. The van der Waals surface area contributed by atoms with Gasteiger partial charge < -0.3 is 4.90 Å². The van der Waals surface area contributed by atoms with Crippen LogP contribution in [0.25, 0.3) is 10.9 Å². The van der Waals surface area contributed by atoms with E-state index < -0.39 is 10.7 Å². The molecule has 0 N–H and O–H groups in total. The van der Waals surface area contributed by atoms with E-state index in [1.54, 1.807) is 23.1 Å². The average Bonchev–Trinajstić information content (AvgIpc) is 2.58. The van der Waals surface area contributed by atoms with Crippen LogP contribution in [0.15, 0.2) is 36.7 Å². The van der Waals surface area contributed by atoms with E-state index in [2.05, 4.69) is 9.97 Å². The van der Waals surface area contributed by atoms with Crippen LogP contribution in [0, 0.1) is 15.9 Å². The Morgan fingerprint density at radius 2 is 2.08 bits per heavy atom. The molecule has 0 amide bonds. The van der Waals surface area contributed by atoms with E-state index in [9.17, 15) is 14.5 Å². The summed E-state index contributed by atoms with van der Waals surface area (Å²) in [4.78, 5) is 21.0. The summed E-state index contributed by atoms with van der Waals surface area (Å²) in [6, 6.07) is 7.77. The fraction of sp³-hybridized carbons (Fsp3) is 0.125. The van der Waals surface area contributed by atoms with Crippen molar-refractivity contribution in [3.05, 3.63) is 63.2 Å². The monoisotopic (exact) mass is 344 g/mol. The van der Waals surface area contributed by atoms with Gasteiger partial charge in [0.2, 0.25) is 0 Å². The summed E-state index contributed by atoms with van der Waals surface area (Å²) >= 11 is 5.88. The van der Waals surface area contributed by atoms with E-state index in [4.69, 9.17) is 11.6 Å². The van der Waals surface area contributed by atoms with Crippen molar-refractivity contribution >= 4 is 39.7 Å². The average molecular weight is 345 g/mol. The van der Waals surface area contributed by atoms with Gasteiger partial charge in [-0.2, -0.15) is 0 Å². The van der Waals surface area contributed by atoms with Crippen LogP contribution in [0.1, 0.15) is 5.56 Å². The first kappa shape index (κ1) is 14.8. The standard InChI is InChI=1S/C16H10ClFN4O2/c17-10-2-1-3-13(15(10)18)21-7-6-9-12(22(23)24)5-4-11-14(9)16(21)20-8-19-11/h1-5,8H,6-7H2. The summed E-state index contributed by atoms with van der Waals surface area (Å²) in [5, 5.41) is 11.9. The Kier molecular flexibility index (Phi) is 3.31. The Morgan fingerprint density at radius 3 is 2.88 bits per heavy atom. The Labute approximate surface area is 140 Å². The van der Waals surface area contributed by atoms with Gasteiger partial charge in [-0.3, -0.25) is 10.1 Å². The summed E-state index contributed by atoms with van der Waals surface area (Å²) in [7, 11) is 0. The molecule has 0 radical (unpaired) electrons. The Balaban J connectivity index is 2.00. The van der Waals surface area contributed by atoms with Crippen molar-refractivity contribution in [2.75, 3.05) is 11.4 Å². The van der Waals surface area contributed by atoms with Crippen LogP contribution in [-0.4, -0.2) is 21.4 Å². The van der Waals surface area contributed by atoms with Crippen molar-refractivity contribution in [2.45, 2.75) is 6.42 Å². The number of hydrogen-bond acceptors (Lipinski definition) is 5. The lowest BCUT2D eigenvalue weighted by Gasteiger charge is -2.29. The number of hydrogen-bond donors (Lipinski definition) is 0. The number of aromatic nitrogens is 2. The molecular weight excluding hydrogens is 335 g/mol. The second-order valence-corrected chi connectivity index (χ2v) is 5.79. The molecule has 2 aromatic carbocycles. The van der Waals surface area contributed by atoms with Gasteiger partial charge >= 0.3 is 0 Å². The zero-order chi connectivity index (χ0) is 16.8. The van der Waals surface area contributed by atoms with Crippen LogP contribution in [0.2, 0.25) is 5.02 Å². The smallest absolute Gasteiger partial charge is 0.273 e. The SMILES string of the molecule is O=[N+]([O-])c1ccc2ncnc3c2c1CCN3c1cccc(Cl)c1F. The van der Waals surface area contributed by atoms with Gasteiger partial charge in [0.15, 0.2) is 5.82 Å². The van der Waals surface area contributed by atoms with Crippen LogP contribution in [0.5, 0.6) is 0 Å². The molecule has 0 aliphatic carbocycles. The summed E-state index contributed by atoms with van der Waals surface area (Å²) in [5.74, 6) is -0.0917. The largest absolute Gasteiger partial charge is 0.323 e. The van der Waals surface area contributed by atoms with Crippen LogP contribution >= 0.6 is 11.6 Å². The second kappa shape index (κ2) is 5.38. The molecule has 2 heterocycles. The maximum atomic E-state index is 14.4. The van der Waals surface area contributed by atoms with Gasteiger partial charge in [0, 0.05) is 18.2 Å². The molecule has 8 heteroatoms. The van der Waals surface area contributed by atoms with Crippen molar-refractivity contribution in [3.8, 4) is 0 Å². The van der Waals surface area contributed by atoms with Crippen molar-refractivity contribution in [2.24, 2.45) is 0 Å². The predicted molar refractivity (Wildman–Crippen MR) is 88.3 cm³/mol. The lowest BCUT2D eigenvalue weighted by molar-refractivity contribution is -0.385. The number of nitro groups is 1. The minimum Gasteiger partial charge on any atom is -0.323 e. The molecule has 1 aliphatic rings. The van der Waals surface area contributed by atoms with E-state index in [0.717, 1.165) is 0 Å². The van der Waals surface area contributed by atoms with Gasteiger partial charge in [0.25, 0.3) is 5.69 Å². The molecule has 24 heavy (non-hydrogen) atoms. The minimum atomic E-state index is -0.542. The van der Waals surface area contributed by atoms with Crippen LogP contribution in [0.3, 0.4) is 0 Å². The highest BCUT2D eigenvalue weighted by Gasteiger charge is 2.29. The maximum absolute atomic E-state index is 14.4. The summed E-state index contributed by atoms with van der Waals surface area (Å²) < 4.78 is 14.4. The number of nitrogens with zero attached hydrogens (tertiary/aromatic N) is 4. The van der Waals surface area contributed by atoms with E-state index in [1.165, 1.54) is 18.5 Å². The second-order valence-electron chi connectivity index (χ2n) is 5.39. The van der Waals surface area contributed by atoms with Crippen LogP contribution in [0.4, 0.5) is 21.6 Å². The topological polar surface area (TPSA) is 72.2 Å². The highest BCUT2D eigenvalue weighted by Crippen LogP contribution is 2.40. The Bertz CT molecular complexity index is 995. The molecule has 0 atom stereocenters. The first-order chi connectivity index (χ1) is 11.6. The maximum Gasteiger partial charge on any atom is 0.273 e. The van der Waals surface area contributed by atoms with Crippen molar-refractivity contribution in [1.29, 1.82) is 0 Å². The van der Waals surface area contributed by atoms with Crippen LogP contribution < -0.4 is 4.90 Å². The summed E-state index contributed by atoms with van der Waals surface area (Å²) in [6.07, 6.45) is 1.76. The summed E-state index contributed by atoms with van der Waals surface area (Å²) in [6.45, 7) is 0.362. The van der Waals surface area contributed by atoms with Crippen LogP contribution in [-0.2, 0) is 6.42 Å². The van der Waals surface area contributed by atoms with Gasteiger partial charge in [-0.25, -0.2) is 14.4 Å². The highest BCUT2D eigenvalue weighted by atomic mass is 35.5. The molecule has 1 aliphatic heterocycles. The molecular formula is C16H10ClFN4O2. The van der Waals surface area contributed by atoms with Gasteiger partial charge in [-0.1, -0.05) is 17.7 Å². The zero-order valence-corrected chi connectivity index (χ0v) is 13.0. The molecule has 0 unspecified atom stereocenters. The molecule has 0 fully saturated rings. The lowest BCUT2D eigenvalue weighted by atomic mass is 9.99. The number of anilines is 2. The van der Waals surface area contributed by atoms with Gasteiger partial charge in [-0.15, -0.1) is 0 Å². The third-order valence-corrected chi connectivity index (χ3v) is 4.42. The quantitative estimate of drug-likeness (QED) is 0.518. The molecule has 0 bridgehead atoms. The molecule has 120 valence electrons. The first-order valence-electron chi connectivity index (χ1n) is 7.20. The summed E-state index contributed by atoms with van der Waals surface area (Å²) in [5.41, 5.74) is 1.49. The fourth-order valence-electron chi connectivity index (χ4n) is 3.09. The molecule has 1 aromatic heterocycles. The normalized spacial score (nSPS) is 13.3. The molecule has 3 aromatic rings. The molecule has 6 nitrogen and oxygen atoms in total. The minimum absolute atomic E-state index is 0.0163.